The minimum atomic E-state index is -0.455. The van der Waals surface area contributed by atoms with Crippen LogP contribution in [0.25, 0.3) is 0 Å². The van der Waals surface area contributed by atoms with Gasteiger partial charge >= 0.3 is 0 Å². The summed E-state index contributed by atoms with van der Waals surface area (Å²) in [5, 5.41) is 13.5. The lowest BCUT2D eigenvalue weighted by Gasteiger charge is -2.15. The van der Waals surface area contributed by atoms with Gasteiger partial charge in [0.15, 0.2) is 6.54 Å². The van der Waals surface area contributed by atoms with Gasteiger partial charge < -0.3 is 15.0 Å². The molecule has 2 rings (SSSR count). The number of amides is 1. The van der Waals surface area contributed by atoms with Gasteiger partial charge in [0.25, 0.3) is 11.6 Å². The van der Waals surface area contributed by atoms with Crippen molar-refractivity contribution in [3.8, 4) is 5.75 Å². The van der Waals surface area contributed by atoms with E-state index in [9.17, 15) is 14.9 Å². The number of nitro benzene ring substituents is 1. The number of benzene rings is 2. The first-order valence-corrected chi connectivity index (χ1v) is 8.00. The first-order valence-electron chi connectivity index (χ1n) is 8.00. The summed E-state index contributed by atoms with van der Waals surface area (Å²) in [5.41, 5.74) is 1.26. The molecule has 7 nitrogen and oxygen atoms in total. The molecular weight excluding hydrogens is 322 g/mol. The lowest BCUT2D eigenvalue weighted by molar-refractivity contribution is -0.871. The Labute approximate surface area is 146 Å². The average molecular weight is 344 g/mol. The Kier molecular flexibility index (Phi) is 6.47. The second-order valence-electron chi connectivity index (χ2n) is 5.85. The van der Waals surface area contributed by atoms with E-state index in [1.807, 2.05) is 37.4 Å². The fourth-order valence-electron chi connectivity index (χ4n) is 2.32. The third kappa shape index (κ3) is 5.89. The Hall–Kier alpha value is -2.93. The second kappa shape index (κ2) is 8.79. The van der Waals surface area contributed by atoms with Crippen LogP contribution >= 0.6 is 0 Å². The number of non-ortho nitro benzene ring substituents is 1. The quantitative estimate of drug-likeness (QED) is 0.560. The van der Waals surface area contributed by atoms with Crippen molar-refractivity contribution >= 4 is 17.3 Å². The van der Waals surface area contributed by atoms with Crippen LogP contribution < -0.4 is 15.0 Å². The van der Waals surface area contributed by atoms with E-state index in [2.05, 4.69) is 5.32 Å². The number of quaternary nitrogens is 1. The van der Waals surface area contributed by atoms with Crippen LogP contribution in [0, 0.1) is 17.0 Å². The van der Waals surface area contributed by atoms with Crippen LogP contribution in [0.5, 0.6) is 5.75 Å². The van der Waals surface area contributed by atoms with Crippen LogP contribution in [0.3, 0.4) is 0 Å². The molecule has 1 unspecified atom stereocenters. The van der Waals surface area contributed by atoms with E-state index in [0.29, 0.717) is 24.4 Å². The number of nitrogens with zero attached hydrogens (tertiary/aromatic N) is 1. The fraction of sp³-hybridized carbons (Fsp3) is 0.278. The van der Waals surface area contributed by atoms with Gasteiger partial charge in [-0.25, -0.2) is 0 Å². The maximum atomic E-state index is 12.1. The third-order valence-corrected chi connectivity index (χ3v) is 3.70. The van der Waals surface area contributed by atoms with Gasteiger partial charge in [-0.1, -0.05) is 18.2 Å². The van der Waals surface area contributed by atoms with Gasteiger partial charge in [0, 0.05) is 17.8 Å². The number of nitro groups is 1. The summed E-state index contributed by atoms with van der Waals surface area (Å²) in [6, 6.07) is 13.9. The molecule has 0 aromatic heterocycles. The number of ether oxygens (including phenoxy) is 1. The zero-order chi connectivity index (χ0) is 18.2. The number of likely N-dealkylation sites (N-methyl/N-ethyl adjacent to an activating group) is 1. The number of hydrogen-bond acceptors (Lipinski definition) is 4. The smallest absolute Gasteiger partial charge is 0.279 e. The van der Waals surface area contributed by atoms with Crippen molar-refractivity contribution in [1.82, 2.24) is 0 Å². The number of carbonyl (C=O) groups is 1. The highest BCUT2D eigenvalue weighted by atomic mass is 16.6. The van der Waals surface area contributed by atoms with Crippen molar-refractivity contribution in [2.75, 3.05) is 32.1 Å². The van der Waals surface area contributed by atoms with Crippen LogP contribution in [-0.4, -0.2) is 37.6 Å². The molecule has 1 atom stereocenters. The summed E-state index contributed by atoms with van der Waals surface area (Å²) in [5.74, 6) is 0.662. The van der Waals surface area contributed by atoms with Crippen molar-refractivity contribution in [3.05, 3.63) is 64.2 Å². The molecule has 2 aromatic rings. The van der Waals surface area contributed by atoms with Crippen molar-refractivity contribution < 1.29 is 19.4 Å². The number of nitrogens with one attached hydrogen (secondary N) is 2. The van der Waals surface area contributed by atoms with E-state index in [1.54, 1.807) is 13.0 Å². The number of aryl methyl sites for hydroxylation is 1. The van der Waals surface area contributed by atoms with Gasteiger partial charge in [0.1, 0.15) is 18.9 Å². The standard InChI is InChI=1S/C18H21N3O4/c1-14-12-15(21(23)24)8-9-17(14)19-18(22)13-20(2)10-11-25-16-6-4-3-5-7-16/h3-9,12H,10-11,13H2,1-2H3,(H,19,22)/p+1. The van der Waals surface area contributed by atoms with Crippen LogP contribution in [0.1, 0.15) is 5.56 Å². The van der Waals surface area contributed by atoms with Crippen LogP contribution in [-0.2, 0) is 4.79 Å². The molecule has 2 aromatic carbocycles. The molecule has 7 heteroatoms. The Morgan fingerprint density at radius 1 is 1.24 bits per heavy atom. The SMILES string of the molecule is Cc1cc([N+](=O)[O-])ccc1NC(=O)C[NH+](C)CCOc1ccccc1. The molecule has 0 radical (unpaired) electrons. The lowest BCUT2D eigenvalue weighted by Crippen LogP contribution is -3.10. The molecule has 25 heavy (non-hydrogen) atoms. The molecule has 0 heterocycles. The number of carbonyl (C=O) groups excluding carboxylic acids is 1. The van der Waals surface area contributed by atoms with Gasteiger partial charge in [0.05, 0.1) is 12.0 Å². The van der Waals surface area contributed by atoms with Crippen molar-refractivity contribution in [2.24, 2.45) is 0 Å². The minimum Gasteiger partial charge on any atom is -0.488 e. The molecule has 0 aliphatic carbocycles. The van der Waals surface area contributed by atoms with E-state index in [4.69, 9.17) is 4.74 Å². The van der Waals surface area contributed by atoms with Crippen molar-refractivity contribution in [3.63, 3.8) is 0 Å². The summed E-state index contributed by atoms with van der Waals surface area (Å²) in [4.78, 5) is 23.4. The zero-order valence-electron chi connectivity index (χ0n) is 14.3. The Balaban J connectivity index is 1.78. The van der Waals surface area contributed by atoms with Gasteiger partial charge in [-0.2, -0.15) is 0 Å². The molecular formula is C18H22N3O4+. The molecule has 0 fully saturated rings. The van der Waals surface area contributed by atoms with Crippen LogP contribution in [0.2, 0.25) is 0 Å². The van der Waals surface area contributed by atoms with Gasteiger partial charge in [-0.15, -0.1) is 0 Å². The maximum Gasteiger partial charge on any atom is 0.279 e. The summed E-state index contributed by atoms with van der Waals surface area (Å²) in [7, 11) is 1.91. The van der Waals surface area contributed by atoms with E-state index in [-0.39, 0.29) is 18.1 Å². The van der Waals surface area contributed by atoms with Crippen molar-refractivity contribution in [2.45, 2.75) is 6.92 Å². The molecule has 0 saturated heterocycles. The predicted octanol–water partition coefficient (Wildman–Crippen LogP) is 1.44. The number of rotatable bonds is 8. The van der Waals surface area contributed by atoms with Crippen molar-refractivity contribution in [1.29, 1.82) is 0 Å². The Bertz CT molecular complexity index is 734. The highest BCUT2D eigenvalue weighted by Crippen LogP contribution is 2.20. The molecule has 0 aliphatic heterocycles. The first-order chi connectivity index (χ1) is 12.0. The number of para-hydroxylation sites is 1. The lowest BCUT2D eigenvalue weighted by atomic mass is 10.2. The summed E-state index contributed by atoms with van der Waals surface area (Å²) in [6.07, 6.45) is 0. The molecule has 132 valence electrons. The first kappa shape index (κ1) is 18.4. The Morgan fingerprint density at radius 2 is 1.96 bits per heavy atom. The molecule has 0 saturated carbocycles. The highest BCUT2D eigenvalue weighted by molar-refractivity contribution is 5.92. The highest BCUT2D eigenvalue weighted by Gasteiger charge is 2.13. The van der Waals surface area contributed by atoms with E-state index >= 15 is 0 Å². The topological polar surface area (TPSA) is 85.9 Å². The molecule has 0 bridgehead atoms. The minimum absolute atomic E-state index is 0.0105. The zero-order valence-corrected chi connectivity index (χ0v) is 14.3. The summed E-state index contributed by atoms with van der Waals surface area (Å²) < 4.78 is 5.61. The van der Waals surface area contributed by atoms with Crippen LogP contribution in [0.4, 0.5) is 11.4 Å². The molecule has 0 aliphatic rings. The average Bonchev–Trinajstić information content (AvgIpc) is 2.57. The fourth-order valence-corrected chi connectivity index (χ4v) is 2.32. The molecule has 2 N–H and O–H groups in total. The van der Waals surface area contributed by atoms with Gasteiger partial charge in [-0.3, -0.25) is 14.9 Å². The summed E-state index contributed by atoms with van der Waals surface area (Å²) >= 11 is 0. The van der Waals surface area contributed by atoms with Gasteiger partial charge in [0.2, 0.25) is 0 Å². The Morgan fingerprint density at radius 3 is 2.60 bits per heavy atom. The number of anilines is 1. The van der Waals surface area contributed by atoms with E-state index in [1.165, 1.54) is 12.1 Å². The third-order valence-electron chi connectivity index (χ3n) is 3.70. The van der Waals surface area contributed by atoms with Crippen LogP contribution in [0.15, 0.2) is 48.5 Å². The number of hydrogen-bond donors (Lipinski definition) is 2. The monoisotopic (exact) mass is 344 g/mol. The van der Waals surface area contributed by atoms with Gasteiger partial charge in [-0.05, 0) is 30.7 Å². The van der Waals surface area contributed by atoms with E-state index < -0.39 is 4.92 Å². The maximum absolute atomic E-state index is 12.1. The molecule has 1 amide bonds. The van der Waals surface area contributed by atoms with E-state index in [0.717, 1.165) is 10.6 Å². The second-order valence-corrected chi connectivity index (χ2v) is 5.85. The normalized spacial score (nSPS) is 11.6. The molecule has 0 spiro atoms. The summed E-state index contributed by atoms with van der Waals surface area (Å²) in [6.45, 7) is 3.21. The largest absolute Gasteiger partial charge is 0.488 e. The predicted molar refractivity (Wildman–Crippen MR) is 95.0 cm³/mol.